The van der Waals surface area contributed by atoms with Gasteiger partial charge in [0.15, 0.2) is 0 Å². The van der Waals surface area contributed by atoms with Gasteiger partial charge in [0.25, 0.3) is 0 Å². The van der Waals surface area contributed by atoms with Crippen molar-refractivity contribution in [3.63, 3.8) is 0 Å². The van der Waals surface area contributed by atoms with Gasteiger partial charge in [0.05, 0.1) is 0 Å². The lowest BCUT2D eigenvalue weighted by atomic mass is 10.1. The van der Waals surface area contributed by atoms with Crippen molar-refractivity contribution >= 4 is 5.69 Å². The van der Waals surface area contributed by atoms with Gasteiger partial charge in [-0.25, -0.2) is 0 Å². The summed E-state index contributed by atoms with van der Waals surface area (Å²) in [6.07, 6.45) is 5.70. The molecule has 2 heteroatoms. The Morgan fingerprint density at radius 2 is 1.78 bits per heavy atom. The van der Waals surface area contributed by atoms with Crippen molar-refractivity contribution in [2.75, 3.05) is 12.3 Å². The zero-order valence-electron chi connectivity index (χ0n) is 11.7. The minimum Gasteiger partial charge on any atom is -0.399 e. The number of rotatable bonds is 5. The van der Waals surface area contributed by atoms with Crippen molar-refractivity contribution in [1.82, 2.24) is 4.90 Å². The maximum absolute atomic E-state index is 5.74. The quantitative estimate of drug-likeness (QED) is 0.803. The van der Waals surface area contributed by atoms with Gasteiger partial charge < -0.3 is 5.73 Å². The Morgan fingerprint density at radius 1 is 1.17 bits per heavy atom. The first kappa shape index (κ1) is 13.4. The number of nitrogens with two attached hydrogens (primary N) is 1. The van der Waals surface area contributed by atoms with E-state index in [1.165, 1.54) is 37.8 Å². The van der Waals surface area contributed by atoms with Gasteiger partial charge in [-0.1, -0.05) is 25.0 Å². The van der Waals surface area contributed by atoms with Gasteiger partial charge in [-0.3, -0.25) is 4.90 Å². The summed E-state index contributed by atoms with van der Waals surface area (Å²) in [5.41, 5.74) is 7.96. The second kappa shape index (κ2) is 6.24. The van der Waals surface area contributed by atoms with Crippen LogP contribution in [0.25, 0.3) is 0 Å². The number of anilines is 1. The van der Waals surface area contributed by atoms with Crippen LogP contribution in [-0.2, 0) is 6.54 Å². The van der Waals surface area contributed by atoms with Gasteiger partial charge in [0.2, 0.25) is 0 Å². The summed E-state index contributed by atoms with van der Waals surface area (Å²) in [5.74, 6) is 0.918. The molecule has 1 saturated carbocycles. The average molecular weight is 246 g/mol. The average Bonchev–Trinajstić information content (AvgIpc) is 2.84. The number of nitrogens with zero attached hydrogens (tertiary/aromatic N) is 1. The van der Waals surface area contributed by atoms with Crippen molar-refractivity contribution in [2.45, 2.75) is 52.1 Å². The van der Waals surface area contributed by atoms with Crippen LogP contribution in [0.3, 0.4) is 0 Å². The van der Waals surface area contributed by atoms with Crippen molar-refractivity contribution in [3.05, 3.63) is 29.8 Å². The molecule has 0 unspecified atom stereocenters. The van der Waals surface area contributed by atoms with Crippen LogP contribution >= 0.6 is 0 Å². The summed E-state index contributed by atoms with van der Waals surface area (Å²) in [6.45, 7) is 6.90. The van der Waals surface area contributed by atoms with E-state index in [0.29, 0.717) is 6.04 Å². The highest BCUT2D eigenvalue weighted by atomic mass is 15.1. The van der Waals surface area contributed by atoms with Crippen LogP contribution < -0.4 is 5.73 Å². The summed E-state index contributed by atoms with van der Waals surface area (Å²) in [7, 11) is 0. The highest BCUT2D eigenvalue weighted by Gasteiger charge is 2.20. The molecule has 2 nitrogen and oxygen atoms in total. The topological polar surface area (TPSA) is 29.3 Å². The predicted octanol–water partition coefficient (Wildman–Crippen LogP) is 3.67. The molecule has 1 fully saturated rings. The summed E-state index contributed by atoms with van der Waals surface area (Å²) < 4.78 is 0. The minimum atomic E-state index is 0.614. The van der Waals surface area contributed by atoms with Crippen molar-refractivity contribution in [2.24, 2.45) is 5.92 Å². The Bertz CT molecular complexity index is 350. The molecule has 0 saturated heterocycles. The van der Waals surface area contributed by atoms with E-state index in [1.54, 1.807) is 0 Å². The lowest BCUT2D eigenvalue weighted by Gasteiger charge is -2.29. The second-order valence-electron chi connectivity index (χ2n) is 5.92. The van der Waals surface area contributed by atoms with E-state index in [9.17, 15) is 0 Å². The normalized spacial score (nSPS) is 16.9. The fraction of sp³-hybridized carbons (Fsp3) is 0.625. The molecule has 100 valence electrons. The smallest absolute Gasteiger partial charge is 0.0314 e. The fourth-order valence-corrected chi connectivity index (χ4v) is 2.84. The van der Waals surface area contributed by atoms with Crippen molar-refractivity contribution in [3.8, 4) is 0 Å². The first-order valence-electron chi connectivity index (χ1n) is 7.23. The Labute approximate surface area is 111 Å². The molecule has 1 aromatic carbocycles. The summed E-state index contributed by atoms with van der Waals surface area (Å²) in [6, 6.07) is 8.93. The zero-order chi connectivity index (χ0) is 13.0. The van der Waals surface area contributed by atoms with Gasteiger partial charge in [0, 0.05) is 24.8 Å². The Hall–Kier alpha value is -1.02. The van der Waals surface area contributed by atoms with E-state index in [4.69, 9.17) is 5.73 Å². The van der Waals surface area contributed by atoms with E-state index in [-0.39, 0.29) is 0 Å². The highest BCUT2D eigenvalue weighted by molar-refractivity contribution is 5.39. The maximum atomic E-state index is 5.74. The van der Waals surface area contributed by atoms with E-state index in [0.717, 1.165) is 18.2 Å². The molecule has 0 aliphatic heterocycles. The van der Waals surface area contributed by atoms with Gasteiger partial charge >= 0.3 is 0 Å². The molecule has 0 amide bonds. The van der Waals surface area contributed by atoms with Crippen LogP contribution in [0.1, 0.15) is 45.1 Å². The van der Waals surface area contributed by atoms with Gasteiger partial charge in [-0.05, 0) is 50.3 Å². The molecule has 0 radical (unpaired) electrons. The maximum Gasteiger partial charge on any atom is 0.0314 e. The Balaban J connectivity index is 1.94. The third-order valence-corrected chi connectivity index (χ3v) is 4.06. The van der Waals surface area contributed by atoms with Crippen molar-refractivity contribution in [1.29, 1.82) is 0 Å². The number of benzene rings is 1. The van der Waals surface area contributed by atoms with Gasteiger partial charge in [-0.15, -0.1) is 0 Å². The molecule has 0 spiro atoms. The second-order valence-corrected chi connectivity index (χ2v) is 5.92. The molecule has 0 bridgehead atoms. The highest BCUT2D eigenvalue weighted by Crippen LogP contribution is 2.26. The molecule has 18 heavy (non-hydrogen) atoms. The lowest BCUT2D eigenvalue weighted by Crippen LogP contribution is -2.34. The Morgan fingerprint density at radius 3 is 2.33 bits per heavy atom. The molecule has 1 aromatic rings. The van der Waals surface area contributed by atoms with E-state index in [2.05, 4.69) is 30.9 Å². The third-order valence-electron chi connectivity index (χ3n) is 4.06. The van der Waals surface area contributed by atoms with E-state index in [1.807, 2.05) is 12.1 Å². The first-order valence-corrected chi connectivity index (χ1v) is 7.23. The van der Waals surface area contributed by atoms with E-state index < -0.39 is 0 Å². The molecule has 0 heterocycles. The standard InChI is InChI=1S/C16H26N2/c1-13(2)18(11-14-5-3-4-6-14)12-15-7-9-16(17)10-8-15/h7-10,13-14H,3-6,11-12,17H2,1-2H3. The SMILES string of the molecule is CC(C)N(Cc1ccc(N)cc1)CC1CCCC1. The van der Waals surface area contributed by atoms with Crippen LogP contribution in [0.5, 0.6) is 0 Å². The zero-order valence-corrected chi connectivity index (χ0v) is 11.7. The Kier molecular flexibility index (Phi) is 4.65. The summed E-state index contributed by atoms with van der Waals surface area (Å²) in [5, 5.41) is 0. The van der Waals surface area contributed by atoms with Crippen LogP contribution in [-0.4, -0.2) is 17.5 Å². The van der Waals surface area contributed by atoms with Crippen LogP contribution in [0.15, 0.2) is 24.3 Å². The van der Waals surface area contributed by atoms with Crippen LogP contribution in [0.4, 0.5) is 5.69 Å². The molecule has 0 aromatic heterocycles. The molecule has 1 aliphatic carbocycles. The molecule has 0 atom stereocenters. The van der Waals surface area contributed by atoms with Crippen LogP contribution in [0, 0.1) is 5.92 Å². The largest absolute Gasteiger partial charge is 0.399 e. The minimum absolute atomic E-state index is 0.614. The fourth-order valence-electron chi connectivity index (χ4n) is 2.84. The molecule has 1 aliphatic rings. The van der Waals surface area contributed by atoms with Crippen molar-refractivity contribution < 1.29 is 0 Å². The summed E-state index contributed by atoms with van der Waals surface area (Å²) in [4.78, 5) is 2.60. The van der Waals surface area contributed by atoms with Crippen LogP contribution in [0.2, 0.25) is 0 Å². The molecular formula is C16H26N2. The number of hydrogen-bond donors (Lipinski definition) is 1. The number of nitrogen functional groups attached to an aromatic ring is 1. The molecule has 2 rings (SSSR count). The van der Waals surface area contributed by atoms with Gasteiger partial charge in [-0.2, -0.15) is 0 Å². The third kappa shape index (κ3) is 3.74. The monoisotopic (exact) mass is 246 g/mol. The number of hydrogen-bond acceptors (Lipinski definition) is 2. The first-order chi connectivity index (χ1) is 8.65. The summed E-state index contributed by atoms with van der Waals surface area (Å²) >= 11 is 0. The van der Waals surface area contributed by atoms with Gasteiger partial charge in [0.1, 0.15) is 0 Å². The lowest BCUT2D eigenvalue weighted by molar-refractivity contribution is 0.179. The molecule has 2 N–H and O–H groups in total. The predicted molar refractivity (Wildman–Crippen MR) is 78.4 cm³/mol. The van der Waals surface area contributed by atoms with E-state index >= 15 is 0 Å². The molecular weight excluding hydrogens is 220 g/mol.